The summed E-state index contributed by atoms with van der Waals surface area (Å²) in [4.78, 5) is 5.99. The van der Waals surface area contributed by atoms with Crippen LogP contribution >= 0.6 is 27.3 Å². The van der Waals surface area contributed by atoms with Crippen molar-refractivity contribution in [1.82, 2.24) is 10.3 Å². The molecule has 2 aromatic rings. The predicted octanol–water partition coefficient (Wildman–Crippen LogP) is 4.72. The van der Waals surface area contributed by atoms with Crippen LogP contribution < -0.4 is 5.32 Å². The predicted molar refractivity (Wildman–Crippen MR) is 90.6 cm³/mol. The molecule has 0 fully saturated rings. The Bertz CT molecular complexity index is 569. The quantitative estimate of drug-likeness (QED) is 0.841. The number of nitrogens with zero attached hydrogens (tertiary/aromatic N) is 1. The highest BCUT2D eigenvalue weighted by Gasteiger charge is 2.12. The van der Waals surface area contributed by atoms with Gasteiger partial charge in [0.05, 0.1) is 3.79 Å². The highest BCUT2D eigenvalue weighted by atomic mass is 79.9. The summed E-state index contributed by atoms with van der Waals surface area (Å²) in [5, 5.41) is 3.61. The zero-order chi connectivity index (χ0) is 14.7. The van der Waals surface area contributed by atoms with Crippen LogP contribution in [-0.2, 0) is 6.42 Å². The number of hydrogen-bond donors (Lipinski definition) is 1. The largest absolute Gasteiger partial charge is 0.310 e. The molecule has 1 atom stereocenters. The minimum atomic E-state index is 0.339. The van der Waals surface area contributed by atoms with Gasteiger partial charge < -0.3 is 5.32 Å². The third-order valence-electron chi connectivity index (χ3n) is 3.47. The van der Waals surface area contributed by atoms with E-state index < -0.39 is 0 Å². The number of thiophene rings is 1. The van der Waals surface area contributed by atoms with Gasteiger partial charge in [0.2, 0.25) is 0 Å². The second-order valence-electron chi connectivity index (χ2n) is 5.21. The van der Waals surface area contributed by atoms with Crippen molar-refractivity contribution in [2.45, 2.75) is 40.2 Å². The van der Waals surface area contributed by atoms with Crippen LogP contribution in [0.25, 0.3) is 0 Å². The first-order valence-electron chi connectivity index (χ1n) is 6.89. The fourth-order valence-electron chi connectivity index (χ4n) is 2.69. The molecule has 0 spiro atoms. The Balaban J connectivity index is 1.96. The lowest BCUT2D eigenvalue weighted by Gasteiger charge is -2.19. The Morgan fingerprint density at radius 3 is 2.65 bits per heavy atom. The second kappa shape index (κ2) is 6.83. The molecule has 0 aliphatic heterocycles. The van der Waals surface area contributed by atoms with Gasteiger partial charge in [-0.1, -0.05) is 0 Å². The van der Waals surface area contributed by atoms with Gasteiger partial charge >= 0.3 is 0 Å². The SMILES string of the molecule is Cc1cc(C)c(C(C)NCCc2ccc(Br)s2)c(C)n1. The number of pyridine rings is 1. The van der Waals surface area contributed by atoms with Crippen LogP contribution in [0.1, 0.15) is 40.4 Å². The first kappa shape index (κ1) is 15.7. The summed E-state index contributed by atoms with van der Waals surface area (Å²) < 4.78 is 1.20. The molecular formula is C16H21BrN2S. The summed E-state index contributed by atoms with van der Waals surface area (Å²) >= 11 is 5.31. The summed E-state index contributed by atoms with van der Waals surface area (Å²) in [6, 6.07) is 6.80. The number of halogens is 1. The lowest BCUT2D eigenvalue weighted by atomic mass is 10.0. The molecule has 0 radical (unpaired) electrons. The maximum atomic E-state index is 4.58. The lowest BCUT2D eigenvalue weighted by molar-refractivity contribution is 0.571. The molecule has 0 saturated carbocycles. The van der Waals surface area contributed by atoms with Crippen molar-refractivity contribution in [3.8, 4) is 0 Å². The summed E-state index contributed by atoms with van der Waals surface area (Å²) in [7, 11) is 0. The molecule has 0 saturated heterocycles. The van der Waals surface area contributed by atoms with E-state index in [9.17, 15) is 0 Å². The standard InChI is InChI=1S/C16H21BrN2S/c1-10-9-11(2)19-13(4)16(10)12(3)18-8-7-14-5-6-15(17)20-14/h5-6,9,12,18H,7-8H2,1-4H3. The van der Waals surface area contributed by atoms with Crippen molar-refractivity contribution in [1.29, 1.82) is 0 Å². The average Bonchev–Trinajstić information content (AvgIpc) is 2.73. The van der Waals surface area contributed by atoms with Crippen molar-refractivity contribution >= 4 is 27.3 Å². The van der Waals surface area contributed by atoms with E-state index in [4.69, 9.17) is 0 Å². The van der Waals surface area contributed by atoms with Gasteiger partial charge in [0.25, 0.3) is 0 Å². The van der Waals surface area contributed by atoms with Gasteiger partial charge in [-0.05, 0) is 79.4 Å². The van der Waals surface area contributed by atoms with Crippen LogP contribution in [0.4, 0.5) is 0 Å². The minimum absolute atomic E-state index is 0.339. The van der Waals surface area contributed by atoms with Crippen LogP contribution in [0.3, 0.4) is 0 Å². The van der Waals surface area contributed by atoms with E-state index in [-0.39, 0.29) is 0 Å². The van der Waals surface area contributed by atoms with Crippen LogP contribution in [0.5, 0.6) is 0 Å². The Hall–Kier alpha value is -0.710. The van der Waals surface area contributed by atoms with Crippen molar-refractivity contribution < 1.29 is 0 Å². The molecule has 0 amide bonds. The first-order valence-corrected chi connectivity index (χ1v) is 8.50. The topological polar surface area (TPSA) is 24.9 Å². The van der Waals surface area contributed by atoms with Gasteiger partial charge in [-0.3, -0.25) is 4.98 Å². The zero-order valence-electron chi connectivity index (χ0n) is 12.5. The van der Waals surface area contributed by atoms with Gasteiger partial charge in [0, 0.05) is 28.9 Å². The normalized spacial score (nSPS) is 12.7. The van der Waals surface area contributed by atoms with Gasteiger partial charge in [0.15, 0.2) is 0 Å². The fraction of sp³-hybridized carbons (Fsp3) is 0.438. The van der Waals surface area contributed by atoms with Crippen molar-refractivity contribution in [2.24, 2.45) is 0 Å². The first-order chi connectivity index (χ1) is 9.47. The molecule has 2 rings (SSSR count). The monoisotopic (exact) mass is 352 g/mol. The van der Waals surface area contributed by atoms with Crippen molar-refractivity contribution in [3.05, 3.63) is 49.4 Å². The van der Waals surface area contributed by atoms with E-state index in [0.29, 0.717) is 6.04 Å². The highest BCUT2D eigenvalue weighted by Crippen LogP contribution is 2.23. The number of aryl methyl sites for hydroxylation is 3. The molecule has 1 N–H and O–H groups in total. The third-order valence-corrected chi connectivity index (χ3v) is 5.15. The molecule has 0 aliphatic carbocycles. The Morgan fingerprint density at radius 2 is 2.05 bits per heavy atom. The third kappa shape index (κ3) is 3.90. The van der Waals surface area contributed by atoms with E-state index in [2.05, 4.69) is 72.1 Å². The maximum Gasteiger partial charge on any atom is 0.0701 e. The van der Waals surface area contributed by atoms with Crippen molar-refractivity contribution in [2.75, 3.05) is 6.54 Å². The molecule has 2 nitrogen and oxygen atoms in total. The average molecular weight is 353 g/mol. The summed E-state index contributed by atoms with van der Waals surface area (Å²) in [6.07, 6.45) is 1.07. The molecule has 4 heteroatoms. The number of hydrogen-bond acceptors (Lipinski definition) is 3. The minimum Gasteiger partial charge on any atom is -0.310 e. The fourth-order valence-corrected chi connectivity index (χ4v) is 4.17. The Morgan fingerprint density at radius 1 is 1.30 bits per heavy atom. The Labute approximate surface area is 133 Å². The van der Waals surface area contributed by atoms with E-state index in [1.54, 1.807) is 0 Å². The Kier molecular flexibility index (Phi) is 5.35. The number of aromatic nitrogens is 1. The molecule has 0 aromatic carbocycles. The van der Waals surface area contributed by atoms with Gasteiger partial charge in [-0.2, -0.15) is 0 Å². The molecule has 1 unspecified atom stereocenters. The zero-order valence-corrected chi connectivity index (χ0v) is 14.9. The van der Waals surface area contributed by atoms with Gasteiger partial charge in [-0.15, -0.1) is 11.3 Å². The van der Waals surface area contributed by atoms with E-state index in [0.717, 1.165) is 24.4 Å². The van der Waals surface area contributed by atoms with E-state index in [1.165, 1.54) is 19.8 Å². The smallest absolute Gasteiger partial charge is 0.0701 e. The second-order valence-corrected chi connectivity index (χ2v) is 7.76. The van der Waals surface area contributed by atoms with E-state index in [1.807, 2.05) is 11.3 Å². The van der Waals surface area contributed by atoms with Gasteiger partial charge in [-0.25, -0.2) is 0 Å². The lowest BCUT2D eigenvalue weighted by Crippen LogP contribution is -2.23. The van der Waals surface area contributed by atoms with Crippen LogP contribution in [-0.4, -0.2) is 11.5 Å². The van der Waals surface area contributed by atoms with Crippen molar-refractivity contribution in [3.63, 3.8) is 0 Å². The van der Waals surface area contributed by atoms with Gasteiger partial charge in [0.1, 0.15) is 0 Å². The van der Waals surface area contributed by atoms with Crippen LogP contribution in [0, 0.1) is 20.8 Å². The molecular weight excluding hydrogens is 332 g/mol. The number of rotatable bonds is 5. The molecule has 2 heterocycles. The highest BCUT2D eigenvalue weighted by molar-refractivity contribution is 9.11. The summed E-state index contributed by atoms with van der Waals surface area (Å²) in [6.45, 7) is 9.53. The number of nitrogens with one attached hydrogen (secondary N) is 1. The van der Waals surface area contributed by atoms with Crippen LogP contribution in [0.15, 0.2) is 22.0 Å². The molecule has 2 aromatic heterocycles. The molecule has 108 valence electrons. The summed E-state index contributed by atoms with van der Waals surface area (Å²) in [5.74, 6) is 0. The molecule has 20 heavy (non-hydrogen) atoms. The molecule has 0 aliphatic rings. The van der Waals surface area contributed by atoms with E-state index >= 15 is 0 Å². The van der Waals surface area contributed by atoms with Crippen LogP contribution in [0.2, 0.25) is 0 Å². The maximum absolute atomic E-state index is 4.58. The summed E-state index contributed by atoms with van der Waals surface area (Å²) in [5.41, 5.74) is 4.90. The molecule has 0 bridgehead atoms.